The highest BCUT2D eigenvalue weighted by Gasteiger charge is 2.45. The number of hydrogen-bond acceptors (Lipinski definition) is 4. The summed E-state index contributed by atoms with van der Waals surface area (Å²) >= 11 is 0. The lowest BCUT2D eigenvalue weighted by Gasteiger charge is -2.24. The van der Waals surface area contributed by atoms with Crippen molar-refractivity contribution in [3.05, 3.63) is 17.9 Å². The van der Waals surface area contributed by atoms with E-state index in [1.54, 1.807) is 16.4 Å². The molecule has 2 aliphatic rings. The van der Waals surface area contributed by atoms with Crippen LogP contribution in [0.15, 0.2) is 21.6 Å². The lowest BCUT2D eigenvalue weighted by atomic mass is 10.1. The monoisotopic (exact) mass is 284 g/mol. The van der Waals surface area contributed by atoms with Gasteiger partial charge in [0.15, 0.2) is 0 Å². The van der Waals surface area contributed by atoms with Crippen LogP contribution >= 0.6 is 0 Å². The average Bonchev–Trinajstić information content (AvgIpc) is 3.11. The normalized spacial score (nSPS) is 27.2. The molecule has 1 aliphatic carbocycles. The summed E-state index contributed by atoms with van der Waals surface area (Å²) in [4.78, 5) is 0. The topological polar surface area (TPSA) is 62.6 Å². The van der Waals surface area contributed by atoms with Crippen LogP contribution in [0.1, 0.15) is 31.9 Å². The summed E-state index contributed by atoms with van der Waals surface area (Å²) in [7, 11) is -3.43. The van der Waals surface area contributed by atoms with E-state index in [1.165, 1.54) is 6.42 Å². The molecule has 2 unspecified atom stereocenters. The molecule has 1 aromatic heterocycles. The Bertz CT molecular complexity index is 552. The fourth-order valence-electron chi connectivity index (χ4n) is 3.13. The van der Waals surface area contributed by atoms with Crippen LogP contribution in [0.2, 0.25) is 0 Å². The zero-order chi connectivity index (χ0) is 13.5. The first-order chi connectivity index (χ1) is 9.11. The molecule has 0 aromatic carbocycles. The van der Waals surface area contributed by atoms with Crippen molar-refractivity contribution in [2.75, 3.05) is 13.1 Å². The van der Waals surface area contributed by atoms with Gasteiger partial charge in [0.2, 0.25) is 5.09 Å². The van der Waals surface area contributed by atoms with E-state index in [-0.39, 0.29) is 11.1 Å². The molecule has 1 saturated carbocycles. The van der Waals surface area contributed by atoms with Crippen molar-refractivity contribution in [2.45, 2.75) is 43.9 Å². The van der Waals surface area contributed by atoms with Crippen molar-refractivity contribution in [1.29, 1.82) is 0 Å². The molecule has 19 heavy (non-hydrogen) atoms. The third kappa shape index (κ3) is 2.32. The third-order valence-corrected chi connectivity index (χ3v) is 5.90. The van der Waals surface area contributed by atoms with Gasteiger partial charge in [-0.2, -0.15) is 4.31 Å². The van der Waals surface area contributed by atoms with Gasteiger partial charge >= 0.3 is 0 Å². The quantitative estimate of drug-likeness (QED) is 0.891. The van der Waals surface area contributed by atoms with Crippen LogP contribution in [0.25, 0.3) is 0 Å². The van der Waals surface area contributed by atoms with Gasteiger partial charge in [0.1, 0.15) is 5.76 Å². The second-order valence-electron chi connectivity index (χ2n) is 5.41. The molecule has 106 valence electrons. The van der Waals surface area contributed by atoms with Gasteiger partial charge in [-0.1, -0.05) is 6.92 Å². The van der Waals surface area contributed by atoms with Crippen LogP contribution < -0.4 is 5.32 Å². The van der Waals surface area contributed by atoms with Gasteiger partial charge in [0.05, 0.1) is 6.54 Å². The fraction of sp³-hybridized carbons (Fsp3) is 0.692. The summed E-state index contributed by atoms with van der Waals surface area (Å²) < 4.78 is 32.2. The SMILES string of the molecule is CCNCc1ccc(S(=O)(=O)N2CC3CCC2C3)o1. The molecule has 1 N–H and O–H groups in total. The highest BCUT2D eigenvalue weighted by molar-refractivity contribution is 7.89. The van der Waals surface area contributed by atoms with Crippen LogP contribution in [0.4, 0.5) is 0 Å². The Morgan fingerprint density at radius 2 is 2.26 bits per heavy atom. The number of hydrogen-bond donors (Lipinski definition) is 1. The van der Waals surface area contributed by atoms with Gasteiger partial charge in [-0.25, -0.2) is 8.42 Å². The van der Waals surface area contributed by atoms with Crippen LogP contribution in [-0.2, 0) is 16.6 Å². The first kappa shape index (κ1) is 13.1. The Morgan fingerprint density at radius 3 is 2.89 bits per heavy atom. The van der Waals surface area contributed by atoms with E-state index in [1.807, 2.05) is 6.92 Å². The Labute approximate surface area is 114 Å². The van der Waals surface area contributed by atoms with Crippen molar-refractivity contribution < 1.29 is 12.8 Å². The summed E-state index contributed by atoms with van der Waals surface area (Å²) in [5.74, 6) is 1.22. The van der Waals surface area contributed by atoms with Gasteiger partial charge < -0.3 is 9.73 Å². The molecule has 0 spiro atoms. The van der Waals surface area contributed by atoms with Gasteiger partial charge in [-0.05, 0) is 43.9 Å². The number of nitrogens with zero attached hydrogens (tertiary/aromatic N) is 1. The molecule has 6 heteroatoms. The minimum atomic E-state index is -3.43. The van der Waals surface area contributed by atoms with E-state index in [0.717, 1.165) is 19.4 Å². The number of furan rings is 1. The molecule has 2 bridgehead atoms. The van der Waals surface area contributed by atoms with E-state index >= 15 is 0 Å². The van der Waals surface area contributed by atoms with Crippen molar-refractivity contribution in [2.24, 2.45) is 5.92 Å². The Hall–Kier alpha value is -0.850. The predicted molar refractivity (Wildman–Crippen MR) is 71.1 cm³/mol. The Morgan fingerprint density at radius 1 is 1.42 bits per heavy atom. The van der Waals surface area contributed by atoms with E-state index in [0.29, 0.717) is 24.8 Å². The summed E-state index contributed by atoms with van der Waals surface area (Å²) in [5, 5.41) is 3.21. The number of fused-ring (bicyclic) bond motifs is 2. The van der Waals surface area contributed by atoms with Crippen LogP contribution in [0, 0.1) is 5.92 Å². The molecular formula is C13H20N2O3S. The first-order valence-electron chi connectivity index (χ1n) is 6.92. The minimum Gasteiger partial charge on any atom is -0.447 e. The van der Waals surface area contributed by atoms with Gasteiger partial charge in [0, 0.05) is 12.6 Å². The molecule has 5 nitrogen and oxygen atoms in total. The van der Waals surface area contributed by atoms with Gasteiger partial charge in [-0.3, -0.25) is 0 Å². The van der Waals surface area contributed by atoms with E-state index in [9.17, 15) is 8.42 Å². The lowest BCUT2D eigenvalue weighted by Crippen LogP contribution is -2.37. The molecule has 2 atom stereocenters. The predicted octanol–water partition coefficient (Wildman–Crippen LogP) is 1.56. The molecule has 0 radical (unpaired) electrons. The van der Waals surface area contributed by atoms with Crippen molar-refractivity contribution in [3.63, 3.8) is 0 Å². The number of piperidine rings is 1. The maximum atomic E-state index is 12.5. The smallest absolute Gasteiger partial charge is 0.276 e. The van der Waals surface area contributed by atoms with E-state index < -0.39 is 10.0 Å². The molecule has 2 fully saturated rings. The second kappa shape index (κ2) is 4.92. The summed E-state index contributed by atoms with van der Waals surface area (Å²) in [6.45, 7) is 4.06. The maximum Gasteiger partial charge on any atom is 0.276 e. The number of rotatable bonds is 5. The largest absolute Gasteiger partial charge is 0.447 e. The number of sulfonamides is 1. The molecule has 2 heterocycles. The van der Waals surface area contributed by atoms with Crippen molar-refractivity contribution in [1.82, 2.24) is 9.62 Å². The van der Waals surface area contributed by atoms with Crippen molar-refractivity contribution in [3.8, 4) is 0 Å². The summed E-state index contributed by atoms with van der Waals surface area (Å²) in [6.07, 6.45) is 3.18. The third-order valence-electron chi connectivity index (χ3n) is 4.11. The van der Waals surface area contributed by atoms with Crippen LogP contribution in [0.3, 0.4) is 0 Å². The molecule has 1 saturated heterocycles. The minimum absolute atomic E-state index is 0.0907. The number of nitrogens with one attached hydrogen (secondary N) is 1. The second-order valence-corrected chi connectivity index (χ2v) is 7.23. The molecule has 3 rings (SSSR count). The average molecular weight is 284 g/mol. The van der Waals surface area contributed by atoms with Crippen LogP contribution in [-0.4, -0.2) is 31.9 Å². The zero-order valence-electron chi connectivity index (χ0n) is 11.1. The fourth-order valence-corrected chi connectivity index (χ4v) is 4.80. The Balaban J connectivity index is 1.78. The maximum absolute atomic E-state index is 12.5. The van der Waals surface area contributed by atoms with Gasteiger partial charge in [-0.15, -0.1) is 0 Å². The molecule has 0 amide bonds. The molecule has 1 aromatic rings. The van der Waals surface area contributed by atoms with E-state index in [2.05, 4.69) is 5.32 Å². The standard InChI is InChI=1S/C13H20N2O3S/c1-2-14-8-12-5-6-13(18-12)19(16,17)15-9-10-3-4-11(15)7-10/h5-6,10-11,14H,2-4,7-9H2,1H3. The molecule has 1 aliphatic heterocycles. The zero-order valence-corrected chi connectivity index (χ0v) is 11.9. The lowest BCUT2D eigenvalue weighted by molar-refractivity contribution is 0.316. The summed E-state index contributed by atoms with van der Waals surface area (Å²) in [6, 6.07) is 3.51. The summed E-state index contributed by atoms with van der Waals surface area (Å²) in [5.41, 5.74) is 0. The van der Waals surface area contributed by atoms with E-state index in [4.69, 9.17) is 4.42 Å². The van der Waals surface area contributed by atoms with Gasteiger partial charge in [0.25, 0.3) is 10.0 Å². The highest BCUT2D eigenvalue weighted by atomic mass is 32.2. The van der Waals surface area contributed by atoms with Crippen LogP contribution in [0.5, 0.6) is 0 Å². The highest BCUT2D eigenvalue weighted by Crippen LogP contribution is 2.40. The molecular weight excluding hydrogens is 264 g/mol. The Kier molecular flexibility index (Phi) is 3.41. The first-order valence-corrected chi connectivity index (χ1v) is 8.36. The van der Waals surface area contributed by atoms with Crippen molar-refractivity contribution >= 4 is 10.0 Å².